The summed E-state index contributed by atoms with van der Waals surface area (Å²) >= 11 is 0. The fourth-order valence-electron chi connectivity index (χ4n) is 4.94. The fraction of sp³-hybridized carbons (Fsp3) is 0.393. The molecule has 1 N–H and O–H groups in total. The number of anilines is 3. The summed E-state index contributed by atoms with van der Waals surface area (Å²) in [5.41, 5.74) is 3.73. The zero-order valence-corrected chi connectivity index (χ0v) is 21.2. The van der Waals surface area contributed by atoms with E-state index >= 15 is 0 Å². The van der Waals surface area contributed by atoms with Crippen LogP contribution in [0, 0.1) is 5.92 Å². The number of nitrogens with zero attached hydrogens (tertiary/aromatic N) is 6. The number of allylic oxidation sites excluding steroid dienone is 1. The van der Waals surface area contributed by atoms with Crippen molar-refractivity contribution in [3.63, 3.8) is 0 Å². The van der Waals surface area contributed by atoms with Gasteiger partial charge in [-0.2, -0.15) is 4.98 Å². The van der Waals surface area contributed by atoms with Crippen LogP contribution in [0.3, 0.4) is 0 Å². The number of nitrogens with one attached hydrogen (secondary N) is 1. The van der Waals surface area contributed by atoms with E-state index in [2.05, 4.69) is 76.4 Å². The molecule has 36 heavy (non-hydrogen) atoms. The van der Waals surface area contributed by atoms with Crippen LogP contribution in [0.2, 0.25) is 0 Å². The van der Waals surface area contributed by atoms with Gasteiger partial charge in [-0.15, -0.1) is 0 Å². The number of benzene rings is 1. The summed E-state index contributed by atoms with van der Waals surface area (Å²) in [6.07, 6.45) is 4.48. The van der Waals surface area contributed by atoms with Crippen LogP contribution >= 0.6 is 0 Å². The highest BCUT2D eigenvalue weighted by Gasteiger charge is 2.26. The van der Waals surface area contributed by atoms with Gasteiger partial charge in [0.2, 0.25) is 5.95 Å². The number of aromatic nitrogens is 3. The van der Waals surface area contributed by atoms with Gasteiger partial charge in [-0.3, -0.25) is 9.36 Å². The Bertz CT molecular complexity index is 1310. The van der Waals surface area contributed by atoms with Gasteiger partial charge in [0.05, 0.1) is 0 Å². The molecule has 1 aromatic carbocycles. The Balaban J connectivity index is 1.28. The zero-order chi connectivity index (χ0) is 25.2. The molecule has 3 aromatic rings. The third-order valence-electron chi connectivity index (χ3n) is 7.53. The van der Waals surface area contributed by atoms with E-state index in [-0.39, 0.29) is 5.56 Å². The van der Waals surface area contributed by atoms with Crippen LogP contribution in [-0.4, -0.2) is 70.1 Å². The number of hydrogen-bond donors (Lipinski definition) is 1. The van der Waals surface area contributed by atoms with Crippen LogP contribution in [0.5, 0.6) is 0 Å². The molecular formula is C28H35N7O. The first-order valence-corrected chi connectivity index (χ1v) is 12.7. The normalized spacial score (nSPS) is 18.8. The molecule has 8 heteroatoms. The molecule has 0 amide bonds. The van der Waals surface area contributed by atoms with Gasteiger partial charge in [-0.25, -0.2) is 4.98 Å². The number of rotatable bonds is 8. The van der Waals surface area contributed by atoms with E-state index in [0.717, 1.165) is 55.9 Å². The van der Waals surface area contributed by atoms with E-state index in [1.54, 1.807) is 29.0 Å². The molecule has 5 rings (SSSR count). The van der Waals surface area contributed by atoms with Crippen molar-refractivity contribution in [1.29, 1.82) is 0 Å². The SMILES string of the molecule is C=CC(=C)N1CC(CCn2c(=O)ccc3cnc(Nc4ccc(N5CCN(C)[C@H](C)C5)cc4)nc32)C1. The van der Waals surface area contributed by atoms with Gasteiger partial charge < -0.3 is 20.0 Å². The van der Waals surface area contributed by atoms with E-state index in [0.29, 0.717) is 30.1 Å². The largest absolute Gasteiger partial charge is 0.371 e. The zero-order valence-electron chi connectivity index (χ0n) is 21.2. The monoisotopic (exact) mass is 485 g/mol. The van der Waals surface area contributed by atoms with Gasteiger partial charge in [-0.05, 0) is 62.7 Å². The van der Waals surface area contributed by atoms with Crippen molar-refractivity contribution >= 4 is 28.4 Å². The second kappa shape index (κ2) is 10.1. The van der Waals surface area contributed by atoms with Crippen LogP contribution in [0.15, 0.2) is 72.3 Å². The third kappa shape index (κ3) is 4.99. The molecular weight excluding hydrogens is 450 g/mol. The number of hydrogen-bond acceptors (Lipinski definition) is 7. The van der Waals surface area contributed by atoms with Crippen LogP contribution in [0.1, 0.15) is 13.3 Å². The van der Waals surface area contributed by atoms with E-state index < -0.39 is 0 Å². The number of piperazine rings is 1. The average Bonchev–Trinajstić information content (AvgIpc) is 2.86. The van der Waals surface area contributed by atoms with E-state index in [1.165, 1.54) is 5.69 Å². The van der Waals surface area contributed by atoms with Gasteiger partial charge >= 0.3 is 0 Å². The molecule has 2 aliphatic heterocycles. The lowest BCUT2D eigenvalue weighted by Crippen LogP contribution is -2.50. The van der Waals surface area contributed by atoms with Crippen molar-refractivity contribution in [2.24, 2.45) is 5.92 Å². The predicted octanol–water partition coefficient (Wildman–Crippen LogP) is 3.70. The van der Waals surface area contributed by atoms with Crippen molar-refractivity contribution in [3.8, 4) is 0 Å². The first-order chi connectivity index (χ1) is 17.4. The van der Waals surface area contributed by atoms with Crippen molar-refractivity contribution in [1.82, 2.24) is 24.3 Å². The quantitative estimate of drug-likeness (QED) is 0.488. The molecule has 0 radical (unpaired) electrons. The van der Waals surface area contributed by atoms with Gasteiger partial charge in [0.1, 0.15) is 5.65 Å². The topological polar surface area (TPSA) is 69.5 Å². The number of fused-ring (bicyclic) bond motifs is 1. The van der Waals surface area contributed by atoms with E-state index in [4.69, 9.17) is 4.98 Å². The molecule has 0 saturated carbocycles. The molecule has 0 aliphatic carbocycles. The first-order valence-electron chi connectivity index (χ1n) is 12.7. The molecule has 0 bridgehead atoms. The standard InChI is InChI=1S/C28H35N7O/c1-5-20(2)34-18-22(19-34)12-13-35-26(36)11-6-23-16-29-28(31-27(23)35)30-24-7-9-25(10-8-24)33-15-14-32(4)21(3)17-33/h5-11,16,21-22H,1-2,12-15,17-19H2,3-4H3,(H,29,30,31)/t21-/m1/s1. The number of aryl methyl sites for hydroxylation is 1. The second-order valence-corrected chi connectivity index (χ2v) is 10.00. The Morgan fingerprint density at radius 1 is 1.14 bits per heavy atom. The highest BCUT2D eigenvalue weighted by atomic mass is 16.1. The predicted molar refractivity (Wildman–Crippen MR) is 147 cm³/mol. The number of likely N-dealkylation sites (tertiary alicyclic amines) is 1. The van der Waals surface area contributed by atoms with Gasteiger partial charge in [0, 0.05) is 80.0 Å². The lowest BCUT2D eigenvalue weighted by molar-refractivity contribution is 0.136. The molecule has 4 heterocycles. The Kier molecular flexibility index (Phi) is 6.78. The summed E-state index contributed by atoms with van der Waals surface area (Å²) in [6, 6.07) is 12.3. The summed E-state index contributed by atoms with van der Waals surface area (Å²) < 4.78 is 1.77. The summed E-state index contributed by atoms with van der Waals surface area (Å²) in [5, 5.41) is 4.17. The fourth-order valence-corrected chi connectivity index (χ4v) is 4.94. The molecule has 0 unspecified atom stereocenters. The minimum atomic E-state index is -0.0374. The molecule has 2 aromatic heterocycles. The molecule has 2 aliphatic rings. The highest BCUT2D eigenvalue weighted by molar-refractivity contribution is 5.75. The summed E-state index contributed by atoms with van der Waals surface area (Å²) in [6.45, 7) is 15.7. The lowest BCUT2D eigenvalue weighted by atomic mass is 9.95. The van der Waals surface area contributed by atoms with E-state index in [1.807, 2.05) is 0 Å². The van der Waals surface area contributed by atoms with Crippen LogP contribution < -0.4 is 15.8 Å². The molecule has 2 saturated heterocycles. The molecule has 188 valence electrons. The Morgan fingerprint density at radius 2 is 1.92 bits per heavy atom. The first kappa shape index (κ1) is 24.1. The molecule has 1 atom stereocenters. The maximum atomic E-state index is 12.7. The Labute approximate surface area is 212 Å². The second-order valence-electron chi connectivity index (χ2n) is 10.00. The third-order valence-corrected chi connectivity index (χ3v) is 7.53. The van der Waals surface area contributed by atoms with Gasteiger partial charge in [0.15, 0.2) is 0 Å². The summed E-state index contributed by atoms with van der Waals surface area (Å²) in [5.74, 6) is 1.02. The van der Waals surface area contributed by atoms with Gasteiger partial charge in [0.25, 0.3) is 5.56 Å². The number of pyridine rings is 1. The maximum Gasteiger partial charge on any atom is 0.252 e. The van der Waals surface area contributed by atoms with Crippen LogP contribution in [0.4, 0.5) is 17.3 Å². The smallest absolute Gasteiger partial charge is 0.252 e. The van der Waals surface area contributed by atoms with Crippen molar-refractivity contribution in [2.75, 3.05) is 50.0 Å². The highest BCUT2D eigenvalue weighted by Crippen LogP contribution is 2.25. The maximum absolute atomic E-state index is 12.7. The number of likely N-dealkylation sites (N-methyl/N-ethyl adjacent to an activating group) is 1. The van der Waals surface area contributed by atoms with Gasteiger partial charge in [-0.1, -0.05) is 13.2 Å². The average molecular weight is 486 g/mol. The summed E-state index contributed by atoms with van der Waals surface area (Å²) in [7, 11) is 2.18. The van der Waals surface area contributed by atoms with Crippen LogP contribution in [0.25, 0.3) is 11.0 Å². The van der Waals surface area contributed by atoms with Crippen molar-refractivity contribution in [3.05, 3.63) is 77.9 Å². The molecule has 8 nitrogen and oxygen atoms in total. The van der Waals surface area contributed by atoms with Crippen molar-refractivity contribution in [2.45, 2.75) is 25.9 Å². The Morgan fingerprint density at radius 3 is 2.64 bits per heavy atom. The molecule has 0 spiro atoms. The lowest BCUT2D eigenvalue weighted by Gasteiger charge is -2.41. The minimum Gasteiger partial charge on any atom is -0.371 e. The van der Waals surface area contributed by atoms with E-state index in [9.17, 15) is 4.79 Å². The van der Waals surface area contributed by atoms with Crippen molar-refractivity contribution < 1.29 is 0 Å². The molecule has 2 fully saturated rings. The Hall–Kier alpha value is -3.65. The summed E-state index contributed by atoms with van der Waals surface area (Å²) in [4.78, 5) is 29.0. The van der Waals surface area contributed by atoms with Crippen LogP contribution in [-0.2, 0) is 6.54 Å². The minimum absolute atomic E-state index is 0.0374.